The molecular weight excluding hydrogens is 925 g/mol. The first kappa shape index (κ1) is 43.1. The van der Waals surface area contributed by atoms with E-state index >= 15 is 0 Å². The van der Waals surface area contributed by atoms with E-state index in [0.29, 0.717) is 0 Å². The fraction of sp³-hybridized carbons (Fsp3) is 0. The summed E-state index contributed by atoms with van der Waals surface area (Å²) in [5.41, 5.74) is 13.7. The summed E-state index contributed by atoms with van der Waals surface area (Å²) in [5.74, 6) is 0. The molecule has 1 aliphatic heterocycles. The first-order valence-corrected chi connectivity index (χ1v) is 26.6. The van der Waals surface area contributed by atoms with Crippen LogP contribution in [-0.4, -0.2) is 0 Å². The van der Waals surface area contributed by atoms with E-state index in [1.165, 1.54) is 102 Å². The van der Waals surface area contributed by atoms with Gasteiger partial charge in [0.15, 0.2) is 0 Å². The fourth-order valence-electron chi connectivity index (χ4n) is 12.0. The molecule has 2 heterocycles. The molecule has 0 radical (unpaired) electrons. The van der Waals surface area contributed by atoms with Crippen molar-refractivity contribution in [3.8, 4) is 33.4 Å². The minimum absolute atomic E-state index is 1.06. The quantitative estimate of drug-likeness (QED) is 0.170. The van der Waals surface area contributed by atoms with Crippen molar-refractivity contribution < 1.29 is 0 Å². The Labute approximate surface area is 439 Å². The molecule has 14 aromatic rings. The molecule has 2 nitrogen and oxygen atoms in total. The van der Waals surface area contributed by atoms with Crippen molar-refractivity contribution in [2.75, 3.05) is 9.80 Å². The zero-order valence-electron chi connectivity index (χ0n) is 40.9. The van der Waals surface area contributed by atoms with Crippen LogP contribution in [0.3, 0.4) is 0 Å². The van der Waals surface area contributed by atoms with Gasteiger partial charge in [-0.3, -0.25) is 0 Å². The maximum atomic E-state index is 2.47. The number of rotatable bonds is 5. The zero-order chi connectivity index (χ0) is 49.4. The van der Waals surface area contributed by atoms with Gasteiger partial charge in [0.05, 0.1) is 11.4 Å². The second-order valence-electron chi connectivity index (χ2n) is 19.5. The number of fused-ring (bicyclic) bond motifs is 18. The number of benzene rings is 12. The second-order valence-corrected chi connectivity index (χ2v) is 20.6. The molecule has 0 saturated carbocycles. The van der Waals surface area contributed by atoms with E-state index < -0.39 is 0 Å². The van der Waals surface area contributed by atoms with Crippen molar-refractivity contribution >= 4 is 119 Å². The van der Waals surface area contributed by atoms with Crippen molar-refractivity contribution in [3.63, 3.8) is 0 Å². The van der Waals surface area contributed by atoms with Gasteiger partial charge in [0.25, 0.3) is 0 Å². The highest BCUT2D eigenvalue weighted by molar-refractivity contribution is 7.25. The van der Waals surface area contributed by atoms with Crippen LogP contribution in [0.1, 0.15) is 0 Å². The Morgan fingerprint density at radius 3 is 1.35 bits per heavy atom. The molecule has 0 saturated heterocycles. The molecule has 3 heteroatoms. The van der Waals surface area contributed by atoms with E-state index in [1.807, 2.05) is 11.3 Å². The summed E-state index contributed by atoms with van der Waals surface area (Å²) in [6.45, 7) is 0. The molecule has 0 unspecified atom stereocenters. The summed E-state index contributed by atoms with van der Waals surface area (Å²) in [7, 11) is 0. The SMILES string of the molecule is c1ccc(-c2ccc(N(c3ccc4c(c3)-c3ccccc3-c3ccccc3N4c3ccccc3)c3ccc4c(c3)c3ccccc3c3ccccc3c3ccccc3c3cc5c(cc43)sc3ccccc35)cc2)cc1. The average Bonchev–Trinajstić information content (AvgIpc) is 3.80. The maximum absolute atomic E-state index is 2.47. The standard InChI is InChI=1S/C72H46N2S/c1-3-19-47(20-4-1)48-35-37-50(38-36-48)73(52-40-42-70-67(44-52)60-30-14-11-27-57(60)62-31-15-17-33-69(62)74(70)49-21-5-2-6-22-49)51-39-41-61-64(43-51)58-28-12-9-25-55(58)53-23-7-8-24-54(53)56-26-10-13-29-59(56)65-45-68-63-32-16-18-34-71(63)75-72(68)46-66(61)65/h1-46H. The highest BCUT2D eigenvalue weighted by atomic mass is 32.1. The highest BCUT2D eigenvalue weighted by Crippen LogP contribution is 2.53. The summed E-state index contributed by atoms with van der Waals surface area (Å²) in [4.78, 5) is 4.89. The van der Waals surface area contributed by atoms with Gasteiger partial charge in [0.1, 0.15) is 0 Å². The van der Waals surface area contributed by atoms with Crippen molar-refractivity contribution in [1.29, 1.82) is 0 Å². The molecule has 1 aromatic heterocycles. The summed E-state index contributed by atoms with van der Waals surface area (Å²) in [5, 5.41) is 14.7. The zero-order valence-corrected chi connectivity index (χ0v) is 41.7. The predicted octanol–water partition coefficient (Wildman–Crippen LogP) is 21.2. The van der Waals surface area contributed by atoms with E-state index in [0.717, 1.165) is 39.7 Å². The Hall–Kier alpha value is -9.54. The number of nitrogens with zero attached hydrogens (tertiary/aromatic N) is 2. The molecule has 15 rings (SSSR count). The molecule has 0 bridgehead atoms. The number of para-hydroxylation sites is 2. The van der Waals surface area contributed by atoms with E-state index in [2.05, 4.69) is 289 Å². The van der Waals surface area contributed by atoms with Crippen LogP contribution in [0.4, 0.5) is 34.1 Å². The third kappa shape index (κ3) is 7.08. The lowest BCUT2D eigenvalue weighted by Crippen LogP contribution is -2.13. The minimum Gasteiger partial charge on any atom is -0.310 e. The maximum Gasteiger partial charge on any atom is 0.0542 e. The molecule has 0 fully saturated rings. The van der Waals surface area contributed by atoms with Crippen LogP contribution in [0.2, 0.25) is 0 Å². The van der Waals surface area contributed by atoms with Crippen LogP contribution in [0.15, 0.2) is 279 Å². The van der Waals surface area contributed by atoms with Gasteiger partial charge in [-0.15, -0.1) is 11.3 Å². The normalized spacial score (nSPS) is 12.0. The molecule has 0 amide bonds. The Morgan fingerprint density at radius 2 is 0.680 bits per heavy atom. The van der Waals surface area contributed by atoms with Gasteiger partial charge in [-0.1, -0.05) is 200 Å². The molecule has 0 aliphatic carbocycles. The predicted molar refractivity (Wildman–Crippen MR) is 324 cm³/mol. The number of anilines is 6. The molecule has 13 aromatic carbocycles. The first-order chi connectivity index (χ1) is 37.2. The van der Waals surface area contributed by atoms with Crippen molar-refractivity contribution in [2.45, 2.75) is 0 Å². The molecule has 350 valence electrons. The van der Waals surface area contributed by atoms with E-state index in [-0.39, 0.29) is 0 Å². The third-order valence-corrected chi connectivity index (χ3v) is 16.5. The van der Waals surface area contributed by atoms with Gasteiger partial charge in [0, 0.05) is 54.0 Å². The van der Waals surface area contributed by atoms with Crippen LogP contribution in [-0.2, 0) is 0 Å². The second kappa shape index (κ2) is 17.6. The van der Waals surface area contributed by atoms with Crippen LogP contribution in [0, 0.1) is 0 Å². The molecule has 0 spiro atoms. The molecule has 0 N–H and O–H groups in total. The van der Waals surface area contributed by atoms with Crippen LogP contribution >= 0.6 is 11.3 Å². The Bertz CT molecular complexity index is 4650. The number of hydrogen-bond acceptors (Lipinski definition) is 3. The smallest absolute Gasteiger partial charge is 0.0542 e. The van der Waals surface area contributed by atoms with Gasteiger partial charge >= 0.3 is 0 Å². The van der Waals surface area contributed by atoms with Crippen molar-refractivity contribution in [3.05, 3.63) is 279 Å². The van der Waals surface area contributed by atoms with Crippen LogP contribution in [0.25, 0.3) is 107 Å². The lowest BCUT2D eigenvalue weighted by atomic mass is 9.93. The number of thiophene rings is 1. The molecule has 75 heavy (non-hydrogen) atoms. The van der Waals surface area contributed by atoms with Crippen molar-refractivity contribution in [2.24, 2.45) is 0 Å². The Kier molecular flexibility index (Phi) is 10.1. The van der Waals surface area contributed by atoms with Gasteiger partial charge in [-0.25, -0.2) is 0 Å². The van der Waals surface area contributed by atoms with E-state index in [9.17, 15) is 0 Å². The fourth-order valence-corrected chi connectivity index (χ4v) is 13.1. The summed E-state index contributed by atoms with van der Waals surface area (Å²) in [6.07, 6.45) is 0. The third-order valence-electron chi connectivity index (χ3n) is 15.4. The van der Waals surface area contributed by atoms with Gasteiger partial charge in [-0.2, -0.15) is 0 Å². The Balaban J connectivity index is 1.06. The molecule has 0 atom stereocenters. The summed E-state index contributed by atoms with van der Waals surface area (Å²) < 4.78 is 2.58. The van der Waals surface area contributed by atoms with Gasteiger partial charge in [-0.05, 0) is 155 Å². The monoisotopic (exact) mass is 970 g/mol. The summed E-state index contributed by atoms with van der Waals surface area (Å²) >= 11 is 1.88. The lowest BCUT2D eigenvalue weighted by molar-refractivity contribution is 1.27. The number of hydrogen-bond donors (Lipinski definition) is 0. The van der Waals surface area contributed by atoms with E-state index in [1.54, 1.807) is 0 Å². The average molecular weight is 971 g/mol. The summed E-state index contributed by atoms with van der Waals surface area (Å²) in [6, 6.07) is 103. The minimum atomic E-state index is 1.06. The lowest BCUT2D eigenvalue weighted by Gasteiger charge is -2.30. The Morgan fingerprint density at radius 1 is 0.240 bits per heavy atom. The first-order valence-electron chi connectivity index (χ1n) is 25.7. The van der Waals surface area contributed by atoms with Crippen LogP contribution < -0.4 is 9.80 Å². The highest BCUT2D eigenvalue weighted by Gasteiger charge is 2.27. The van der Waals surface area contributed by atoms with E-state index in [4.69, 9.17) is 0 Å². The van der Waals surface area contributed by atoms with Crippen molar-refractivity contribution in [1.82, 2.24) is 0 Å². The largest absolute Gasteiger partial charge is 0.310 e. The molecule has 1 aliphatic rings. The topological polar surface area (TPSA) is 6.48 Å². The van der Waals surface area contributed by atoms with Gasteiger partial charge < -0.3 is 9.80 Å². The van der Waals surface area contributed by atoms with Gasteiger partial charge in [0.2, 0.25) is 0 Å². The van der Waals surface area contributed by atoms with Crippen LogP contribution in [0.5, 0.6) is 0 Å². The molecular formula is C72H46N2S.